The third-order valence-electron chi connectivity index (χ3n) is 3.05. The molecule has 1 fully saturated rings. The molecule has 1 aliphatic rings. The van der Waals surface area contributed by atoms with Crippen molar-refractivity contribution in [1.29, 1.82) is 0 Å². The molecular weight excluding hydrogens is 224 g/mol. The number of nitrogens with one attached hydrogen (secondary N) is 1. The first-order valence-electron chi connectivity index (χ1n) is 6.03. The molecule has 1 heterocycles. The minimum atomic E-state index is -0.784. The second-order valence-corrected chi connectivity index (χ2v) is 6.43. The lowest BCUT2D eigenvalue weighted by molar-refractivity contribution is 0.124. The van der Waals surface area contributed by atoms with Crippen molar-refractivity contribution < 1.29 is 9.32 Å². The van der Waals surface area contributed by atoms with E-state index in [-0.39, 0.29) is 11.4 Å². The third kappa shape index (κ3) is 5.39. The summed E-state index contributed by atoms with van der Waals surface area (Å²) in [5.74, 6) is 0. The van der Waals surface area contributed by atoms with Gasteiger partial charge in [-0.15, -0.1) is 0 Å². The highest BCUT2D eigenvalue weighted by atomic mass is 32.2. The lowest BCUT2D eigenvalue weighted by atomic mass is 10.3. The van der Waals surface area contributed by atoms with E-state index in [2.05, 4.69) is 10.2 Å². The number of rotatable bonds is 7. The van der Waals surface area contributed by atoms with E-state index in [4.69, 9.17) is 0 Å². The van der Waals surface area contributed by atoms with Crippen LogP contribution < -0.4 is 5.32 Å². The molecule has 0 aromatic heterocycles. The van der Waals surface area contributed by atoms with Gasteiger partial charge in [0.2, 0.25) is 0 Å². The van der Waals surface area contributed by atoms with Crippen LogP contribution in [0.1, 0.15) is 19.8 Å². The predicted molar refractivity (Wildman–Crippen MR) is 68.1 cm³/mol. The van der Waals surface area contributed by atoms with Crippen molar-refractivity contribution in [1.82, 2.24) is 10.2 Å². The molecule has 0 saturated carbocycles. The summed E-state index contributed by atoms with van der Waals surface area (Å²) in [5.41, 5.74) is 0. The molecule has 2 N–H and O–H groups in total. The Morgan fingerprint density at radius 3 is 2.56 bits per heavy atom. The fourth-order valence-corrected chi connectivity index (χ4v) is 2.25. The molecule has 3 unspecified atom stereocenters. The molecule has 0 bridgehead atoms. The molecule has 96 valence electrons. The molecule has 0 spiro atoms. The fourth-order valence-electron chi connectivity index (χ4n) is 1.90. The fraction of sp³-hybridized carbons (Fsp3) is 1.00. The molecule has 0 aliphatic carbocycles. The van der Waals surface area contributed by atoms with Crippen molar-refractivity contribution in [3.8, 4) is 0 Å². The minimum Gasteiger partial charge on any atom is -0.390 e. The van der Waals surface area contributed by atoms with Crippen LogP contribution in [0, 0.1) is 0 Å². The van der Waals surface area contributed by atoms with Gasteiger partial charge in [-0.3, -0.25) is 4.21 Å². The highest BCUT2D eigenvalue weighted by molar-refractivity contribution is 7.84. The highest BCUT2D eigenvalue weighted by Gasteiger charge is 2.15. The van der Waals surface area contributed by atoms with Crippen molar-refractivity contribution in [2.75, 3.05) is 39.0 Å². The summed E-state index contributed by atoms with van der Waals surface area (Å²) in [6.07, 6.45) is 3.92. The number of nitrogens with zero attached hydrogens (tertiary/aromatic N) is 1. The summed E-state index contributed by atoms with van der Waals surface area (Å²) in [6.45, 7) is 6.25. The second-order valence-electron chi connectivity index (χ2n) is 4.63. The van der Waals surface area contributed by atoms with Crippen molar-refractivity contribution >= 4 is 10.8 Å². The van der Waals surface area contributed by atoms with Crippen LogP contribution in [-0.4, -0.2) is 64.5 Å². The number of β-amino-alcohol motifs (C(OH)–C–C–N with tert-alkyl or cyclic N) is 1. The molecule has 0 aromatic carbocycles. The van der Waals surface area contributed by atoms with Crippen LogP contribution in [0.15, 0.2) is 0 Å². The van der Waals surface area contributed by atoms with Gasteiger partial charge in [0.1, 0.15) is 0 Å². The molecule has 0 amide bonds. The van der Waals surface area contributed by atoms with Gasteiger partial charge in [-0.25, -0.2) is 0 Å². The Kier molecular flexibility index (Phi) is 6.49. The molecule has 5 heteroatoms. The summed E-state index contributed by atoms with van der Waals surface area (Å²) in [7, 11) is -0.784. The van der Waals surface area contributed by atoms with Gasteiger partial charge < -0.3 is 15.3 Å². The number of hydrogen-bond acceptors (Lipinski definition) is 4. The summed E-state index contributed by atoms with van der Waals surface area (Å²) in [5, 5.41) is 13.1. The van der Waals surface area contributed by atoms with Gasteiger partial charge in [0.15, 0.2) is 0 Å². The first-order valence-corrected chi connectivity index (χ1v) is 7.65. The topological polar surface area (TPSA) is 52.6 Å². The smallest absolute Gasteiger partial charge is 0.0791 e. The van der Waals surface area contributed by atoms with E-state index in [1.165, 1.54) is 12.8 Å². The maximum absolute atomic E-state index is 11.1. The Hall–Kier alpha value is 0.0300. The van der Waals surface area contributed by atoms with E-state index in [0.29, 0.717) is 13.1 Å². The van der Waals surface area contributed by atoms with Gasteiger partial charge in [-0.2, -0.15) is 0 Å². The van der Waals surface area contributed by atoms with Gasteiger partial charge in [0, 0.05) is 41.9 Å². The van der Waals surface area contributed by atoms with Gasteiger partial charge in [0.05, 0.1) is 6.10 Å². The third-order valence-corrected chi connectivity index (χ3v) is 4.35. The minimum absolute atomic E-state index is 0.152. The molecule has 4 nitrogen and oxygen atoms in total. The van der Waals surface area contributed by atoms with Crippen LogP contribution in [0.3, 0.4) is 0 Å². The quantitative estimate of drug-likeness (QED) is 0.655. The predicted octanol–water partition coefficient (Wildman–Crippen LogP) is -0.200. The molecule has 3 atom stereocenters. The van der Waals surface area contributed by atoms with Crippen molar-refractivity contribution in [3.05, 3.63) is 0 Å². The van der Waals surface area contributed by atoms with E-state index in [9.17, 15) is 9.32 Å². The Labute approximate surface area is 101 Å². The van der Waals surface area contributed by atoms with Crippen molar-refractivity contribution in [2.45, 2.75) is 31.1 Å². The first-order chi connectivity index (χ1) is 7.59. The van der Waals surface area contributed by atoms with Gasteiger partial charge in [0.25, 0.3) is 0 Å². The largest absolute Gasteiger partial charge is 0.390 e. The van der Waals surface area contributed by atoms with Crippen molar-refractivity contribution in [2.24, 2.45) is 0 Å². The van der Waals surface area contributed by atoms with E-state index < -0.39 is 10.8 Å². The van der Waals surface area contributed by atoms with Gasteiger partial charge in [-0.05, 0) is 32.9 Å². The lowest BCUT2D eigenvalue weighted by Gasteiger charge is -2.20. The number of aliphatic hydroxyl groups excluding tert-OH is 1. The SMILES string of the molecule is CC(CNCC(O)CN1CCCC1)S(C)=O. The maximum atomic E-state index is 11.1. The average Bonchev–Trinajstić information content (AvgIpc) is 2.70. The van der Waals surface area contributed by atoms with Crippen LogP contribution in [-0.2, 0) is 10.8 Å². The molecule has 0 radical (unpaired) electrons. The van der Waals surface area contributed by atoms with Crippen LogP contribution in [0.2, 0.25) is 0 Å². The Morgan fingerprint density at radius 2 is 2.00 bits per heavy atom. The monoisotopic (exact) mass is 248 g/mol. The van der Waals surface area contributed by atoms with E-state index >= 15 is 0 Å². The van der Waals surface area contributed by atoms with Crippen LogP contribution >= 0.6 is 0 Å². The lowest BCUT2D eigenvalue weighted by Crippen LogP contribution is -2.39. The second kappa shape index (κ2) is 7.37. The average molecular weight is 248 g/mol. The molecule has 1 rings (SSSR count). The molecular formula is C11H24N2O2S. The molecule has 16 heavy (non-hydrogen) atoms. The zero-order chi connectivity index (χ0) is 12.0. The maximum Gasteiger partial charge on any atom is 0.0791 e. The summed E-state index contributed by atoms with van der Waals surface area (Å²) < 4.78 is 11.1. The van der Waals surface area contributed by atoms with E-state index in [0.717, 1.165) is 19.6 Å². The first kappa shape index (κ1) is 14.1. The zero-order valence-electron chi connectivity index (χ0n) is 10.3. The number of aliphatic hydroxyl groups is 1. The molecule has 1 aliphatic heterocycles. The molecule has 1 saturated heterocycles. The summed E-state index contributed by atoms with van der Waals surface area (Å²) in [6, 6.07) is 0. The Morgan fingerprint density at radius 1 is 1.38 bits per heavy atom. The Balaban J connectivity index is 2.05. The van der Waals surface area contributed by atoms with Gasteiger partial charge >= 0.3 is 0 Å². The van der Waals surface area contributed by atoms with Crippen LogP contribution in [0.25, 0.3) is 0 Å². The van der Waals surface area contributed by atoms with E-state index in [1.807, 2.05) is 6.92 Å². The molecule has 0 aromatic rings. The van der Waals surface area contributed by atoms with E-state index in [1.54, 1.807) is 6.26 Å². The standard InChI is InChI=1S/C11H24N2O2S/c1-10(16(2)15)7-12-8-11(14)9-13-5-3-4-6-13/h10-12,14H,3-9H2,1-2H3. The number of likely N-dealkylation sites (tertiary alicyclic amines) is 1. The highest BCUT2D eigenvalue weighted by Crippen LogP contribution is 2.07. The summed E-state index contributed by atoms with van der Waals surface area (Å²) in [4.78, 5) is 2.30. The summed E-state index contributed by atoms with van der Waals surface area (Å²) >= 11 is 0. The Bertz CT molecular complexity index is 220. The van der Waals surface area contributed by atoms with Crippen molar-refractivity contribution in [3.63, 3.8) is 0 Å². The van der Waals surface area contributed by atoms with Crippen LogP contribution in [0.5, 0.6) is 0 Å². The zero-order valence-corrected chi connectivity index (χ0v) is 11.1. The normalized spacial score (nSPS) is 23.2. The van der Waals surface area contributed by atoms with Crippen LogP contribution in [0.4, 0.5) is 0 Å². The van der Waals surface area contributed by atoms with Gasteiger partial charge in [-0.1, -0.05) is 0 Å². The number of hydrogen-bond donors (Lipinski definition) is 2.